The first-order chi connectivity index (χ1) is 33.1. The number of ether oxygens (including phenoxy) is 9. The molecule has 67 heavy (non-hydrogen) atoms. The molecule has 13 nitrogen and oxygen atoms in total. The van der Waals surface area contributed by atoms with E-state index in [1.807, 2.05) is 182 Å². The smallest absolute Gasteiger partial charge is 0.184 e. The number of aliphatic hydroxyl groups is 1. The van der Waals surface area contributed by atoms with Crippen LogP contribution in [0, 0.1) is 0 Å². The van der Waals surface area contributed by atoms with Crippen molar-refractivity contribution in [1.29, 1.82) is 0 Å². The summed E-state index contributed by atoms with van der Waals surface area (Å²) in [7, 11) is 0. The van der Waals surface area contributed by atoms with Crippen molar-refractivity contribution in [2.75, 3.05) is 6.61 Å². The first-order valence-corrected chi connectivity index (χ1v) is 22.7. The van der Waals surface area contributed by atoms with E-state index in [2.05, 4.69) is 10.0 Å². The van der Waals surface area contributed by atoms with Crippen molar-refractivity contribution in [3.63, 3.8) is 0 Å². The molecule has 0 spiro atoms. The van der Waals surface area contributed by atoms with Crippen LogP contribution in [0.15, 0.2) is 187 Å². The van der Waals surface area contributed by atoms with Crippen LogP contribution in [0.4, 0.5) is 0 Å². The Morgan fingerprint density at radius 3 is 1.28 bits per heavy atom. The summed E-state index contributed by atoms with van der Waals surface area (Å²) in [4.78, 5) is 3.29. The van der Waals surface area contributed by atoms with Gasteiger partial charge in [-0.1, -0.05) is 187 Å². The average molecular weight is 906 g/mol. The summed E-state index contributed by atoms with van der Waals surface area (Å²) in [6, 6.07) is 57.3. The SMILES string of the molecule is [N-]=[N+]=N[C@H]1[C@@H](O[C@H]2[C@@H](O)[C@H](OCc3ccccc3)[C@H](OCc3ccccc3)[C@@H](OCc3ccccc3)[C@@H]2OCc2ccccc2)O[C@@H]2COC(c3ccccc3)O[C@H]2[C@@H]1OCc1ccccc1. The largest absolute Gasteiger partial charge is 0.387 e. The van der Waals surface area contributed by atoms with Crippen molar-refractivity contribution in [2.24, 2.45) is 5.11 Å². The predicted molar refractivity (Wildman–Crippen MR) is 248 cm³/mol. The number of rotatable bonds is 19. The Morgan fingerprint density at radius 1 is 0.478 bits per heavy atom. The second kappa shape index (κ2) is 23.3. The summed E-state index contributed by atoms with van der Waals surface area (Å²) < 4.78 is 60.8. The molecule has 0 amide bonds. The Balaban J connectivity index is 1.09. The molecule has 2 heterocycles. The molecule has 2 saturated heterocycles. The lowest BCUT2D eigenvalue weighted by molar-refractivity contribution is -0.368. The lowest BCUT2D eigenvalue weighted by Crippen LogP contribution is -2.69. The lowest BCUT2D eigenvalue weighted by Gasteiger charge is -2.52. The first kappa shape index (κ1) is 46.3. The third-order valence-corrected chi connectivity index (χ3v) is 12.2. The van der Waals surface area contributed by atoms with Crippen LogP contribution < -0.4 is 0 Å². The number of fused-ring (bicyclic) bond motifs is 1. The molecule has 3 fully saturated rings. The predicted octanol–water partition coefficient (Wildman–Crippen LogP) is 9.19. The van der Waals surface area contributed by atoms with E-state index in [1.54, 1.807) is 0 Å². The van der Waals surface area contributed by atoms with Gasteiger partial charge in [0.2, 0.25) is 0 Å². The number of hydrogen-bond acceptors (Lipinski definition) is 11. The molecule has 346 valence electrons. The maximum atomic E-state index is 12.9. The highest BCUT2D eigenvalue weighted by atomic mass is 16.8. The second-order valence-corrected chi connectivity index (χ2v) is 16.8. The minimum Gasteiger partial charge on any atom is -0.387 e. The molecule has 0 aromatic heterocycles. The first-order valence-electron chi connectivity index (χ1n) is 22.7. The summed E-state index contributed by atoms with van der Waals surface area (Å²) in [6.07, 6.45) is -10.7. The van der Waals surface area contributed by atoms with Crippen molar-refractivity contribution >= 4 is 0 Å². The van der Waals surface area contributed by atoms with E-state index in [0.29, 0.717) is 0 Å². The fourth-order valence-corrected chi connectivity index (χ4v) is 8.87. The minimum absolute atomic E-state index is 0.112. The number of benzene rings is 6. The Kier molecular flexibility index (Phi) is 16.1. The molecular weight excluding hydrogens is 851 g/mol. The van der Waals surface area contributed by atoms with Gasteiger partial charge in [0.25, 0.3) is 0 Å². The second-order valence-electron chi connectivity index (χ2n) is 16.8. The van der Waals surface area contributed by atoms with Gasteiger partial charge in [-0.05, 0) is 33.3 Å². The highest BCUT2D eigenvalue weighted by Gasteiger charge is 2.57. The Labute approximate surface area is 390 Å². The zero-order chi connectivity index (χ0) is 45.6. The van der Waals surface area contributed by atoms with Crippen LogP contribution in [-0.4, -0.2) is 79.0 Å². The zero-order valence-electron chi connectivity index (χ0n) is 37.0. The van der Waals surface area contributed by atoms with E-state index in [0.717, 1.165) is 33.4 Å². The molecule has 1 N–H and O–H groups in total. The van der Waals surface area contributed by atoms with Crippen molar-refractivity contribution in [3.8, 4) is 0 Å². The van der Waals surface area contributed by atoms with Crippen LogP contribution in [0.25, 0.3) is 10.4 Å². The Bertz CT molecular complexity index is 2420. The van der Waals surface area contributed by atoms with E-state index in [9.17, 15) is 10.6 Å². The van der Waals surface area contributed by atoms with Crippen LogP contribution >= 0.6 is 0 Å². The van der Waals surface area contributed by atoms with Crippen molar-refractivity contribution in [3.05, 3.63) is 226 Å². The van der Waals surface area contributed by atoms with Gasteiger partial charge in [0.05, 0.1) is 39.6 Å². The summed E-state index contributed by atoms with van der Waals surface area (Å²) >= 11 is 0. The third kappa shape index (κ3) is 11.9. The Hall–Kier alpha value is -5.77. The normalized spacial score (nSPS) is 28.2. The number of nitrogens with zero attached hydrogens (tertiary/aromatic N) is 3. The van der Waals surface area contributed by atoms with E-state index in [1.165, 1.54) is 0 Å². The molecule has 13 heteroatoms. The van der Waals surface area contributed by atoms with E-state index >= 15 is 0 Å². The standard InChI is InChI=1S/C54H55N3O10/c55-57-56-44-47(59-31-37-19-7-1-8-20-37)46-43(36-64-53(66-46)42-29-17-6-18-30-42)65-54(44)67-49-45(58)48(60-32-38-21-9-2-10-22-38)50(61-33-39-23-11-3-12-24-39)52(63-35-41-27-15-5-16-28-41)51(49)62-34-40-25-13-4-14-26-40/h1-30,43-54,58H,31-36H2/t43-,44-,45+,46-,47-,48+,49+,50+,51-,52-,53?,54-/m1/s1. The molecule has 3 aliphatic rings. The van der Waals surface area contributed by atoms with Gasteiger partial charge >= 0.3 is 0 Å². The Morgan fingerprint density at radius 2 is 0.851 bits per heavy atom. The van der Waals surface area contributed by atoms with Gasteiger partial charge < -0.3 is 47.7 Å². The molecule has 12 atom stereocenters. The van der Waals surface area contributed by atoms with E-state index in [4.69, 9.17) is 42.6 Å². The minimum atomic E-state index is -1.39. The highest BCUT2D eigenvalue weighted by Crippen LogP contribution is 2.40. The van der Waals surface area contributed by atoms with Crippen LogP contribution in [0.2, 0.25) is 0 Å². The quantitative estimate of drug-likeness (QED) is 0.0473. The van der Waals surface area contributed by atoms with Gasteiger partial charge in [-0.2, -0.15) is 0 Å². The van der Waals surface area contributed by atoms with Crippen LogP contribution in [0.3, 0.4) is 0 Å². The van der Waals surface area contributed by atoms with Gasteiger partial charge in [-0.25, -0.2) is 0 Å². The molecule has 2 aliphatic heterocycles. The highest BCUT2D eigenvalue weighted by molar-refractivity contribution is 5.20. The van der Waals surface area contributed by atoms with E-state index < -0.39 is 73.6 Å². The monoisotopic (exact) mass is 905 g/mol. The molecule has 1 unspecified atom stereocenters. The summed E-state index contributed by atoms with van der Waals surface area (Å²) in [5.41, 5.74) is 15.6. The van der Waals surface area contributed by atoms with Gasteiger partial charge in [-0.15, -0.1) is 0 Å². The molecule has 9 rings (SSSR count). The van der Waals surface area contributed by atoms with Crippen LogP contribution in [0.5, 0.6) is 0 Å². The molecule has 0 bridgehead atoms. The van der Waals surface area contributed by atoms with Crippen molar-refractivity contribution < 1.29 is 47.7 Å². The lowest BCUT2D eigenvalue weighted by atomic mass is 9.83. The summed E-state index contributed by atoms with van der Waals surface area (Å²) in [5.74, 6) is 0. The molecule has 6 aromatic rings. The van der Waals surface area contributed by atoms with Crippen LogP contribution in [0.1, 0.15) is 39.7 Å². The van der Waals surface area contributed by atoms with Crippen molar-refractivity contribution in [1.82, 2.24) is 0 Å². The molecule has 0 radical (unpaired) electrons. The van der Waals surface area contributed by atoms with Crippen molar-refractivity contribution in [2.45, 2.75) is 107 Å². The van der Waals surface area contributed by atoms with Gasteiger partial charge in [0, 0.05) is 10.5 Å². The topological polar surface area (TPSA) is 152 Å². The average Bonchev–Trinajstić information content (AvgIpc) is 3.39. The molecule has 1 saturated carbocycles. The number of azide groups is 1. The molecular formula is C54H55N3O10. The fraction of sp³-hybridized carbons (Fsp3) is 0.333. The van der Waals surface area contributed by atoms with Gasteiger partial charge in [-0.3, -0.25) is 0 Å². The van der Waals surface area contributed by atoms with Crippen LogP contribution in [-0.2, 0) is 75.7 Å². The number of aliphatic hydroxyl groups excluding tert-OH is 1. The van der Waals surface area contributed by atoms with Gasteiger partial charge in [0.15, 0.2) is 12.6 Å². The zero-order valence-corrected chi connectivity index (χ0v) is 37.0. The maximum absolute atomic E-state index is 12.9. The third-order valence-electron chi connectivity index (χ3n) is 12.2. The maximum Gasteiger partial charge on any atom is 0.184 e. The van der Waals surface area contributed by atoms with E-state index in [-0.39, 0.29) is 39.6 Å². The molecule has 6 aromatic carbocycles. The van der Waals surface area contributed by atoms with Gasteiger partial charge in [0.1, 0.15) is 61.0 Å². The fourth-order valence-electron chi connectivity index (χ4n) is 8.87. The number of hydrogen-bond donors (Lipinski definition) is 1. The molecule has 1 aliphatic carbocycles. The summed E-state index contributed by atoms with van der Waals surface area (Å²) in [5, 5.41) is 17.2. The summed E-state index contributed by atoms with van der Waals surface area (Å²) in [6.45, 7) is 0.974.